The zero-order valence-corrected chi connectivity index (χ0v) is 12.4. The van der Waals surface area contributed by atoms with Crippen LogP contribution in [0.25, 0.3) is 0 Å². The van der Waals surface area contributed by atoms with E-state index in [0.29, 0.717) is 6.04 Å². The highest BCUT2D eigenvalue weighted by Gasteiger charge is 2.26. The molecule has 0 saturated carbocycles. The molecule has 0 atom stereocenters. The van der Waals surface area contributed by atoms with Gasteiger partial charge in [-0.3, -0.25) is 0 Å². The Bertz CT molecular complexity index is 583. The summed E-state index contributed by atoms with van der Waals surface area (Å²) in [6, 6.07) is 18.1. The van der Waals surface area contributed by atoms with Crippen LogP contribution in [-0.2, 0) is 6.42 Å². The van der Waals surface area contributed by atoms with Gasteiger partial charge in [0.25, 0.3) is 0 Å². The van der Waals surface area contributed by atoms with Crippen LogP contribution in [0.15, 0.2) is 48.5 Å². The molecule has 4 rings (SSSR count). The molecule has 1 N–H and O–H groups in total. The van der Waals surface area contributed by atoms with Crippen molar-refractivity contribution < 1.29 is 0 Å². The molecule has 1 heterocycles. The van der Waals surface area contributed by atoms with Gasteiger partial charge in [-0.15, -0.1) is 0 Å². The molecule has 0 radical (unpaired) electrons. The lowest BCUT2D eigenvalue weighted by atomic mass is 9.83. The smallest absolute Gasteiger partial charge is 0.0720 e. The number of piperidine rings is 1. The van der Waals surface area contributed by atoms with Gasteiger partial charge in [-0.25, -0.2) is 10.4 Å². The fourth-order valence-corrected chi connectivity index (χ4v) is 3.67. The van der Waals surface area contributed by atoms with E-state index in [1.54, 1.807) is 0 Å². The maximum absolute atomic E-state index is 3.80. The number of rotatable bonds is 2. The molecular weight excluding hydrogens is 256 g/mol. The summed E-state index contributed by atoms with van der Waals surface area (Å²) in [6.07, 6.45) is 5.05. The van der Waals surface area contributed by atoms with E-state index in [1.165, 1.54) is 54.6 Å². The van der Waals surface area contributed by atoms with Gasteiger partial charge >= 0.3 is 0 Å². The van der Waals surface area contributed by atoms with E-state index in [0.717, 1.165) is 6.42 Å². The summed E-state index contributed by atoms with van der Waals surface area (Å²) in [7, 11) is 0. The summed E-state index contributed by atoms with van der Waals surface area (Å²) in [6.45, 7) is 2.33. The fourth-order valence-electron chi connectivity index (χ4n) is 3.67. The number of nitrogens with one attached hydrogen (secondary N) is 1. The minimum Gasteiger partial charge on any atom is -0.244 e. The zero-order chi connectivity index (χ0) is 14.1. The molecule has 0 bridgehead atoms. The van der Waals surface area contributed by atoms with Crippen molar-refractivity contribution >= 4 is 0 Å². The zero-order valence-electron chi connectivity index (χ0n) is 12.4. The summed E-state index contributed by atoms with van der Waals surface area (Å²) in [5.41, 5.74) is 9.62. The van der Waals surface area contributed by atoms with Crippen molar-refractivity contribution in [1.82, 2.24) is 10.4 Å². The van der Waals surface area contributed by atoms with Crippen LogP contribution in [0.5, 0.6) is 0 Å². The van der Waals surface area contributed by atoms with Gasteiger partial charge in [0.15, 0.2) is 0 Å². The van der Waals surface area contributed by atoms with Crippen LogP contribution in [0.4, 0.5) is 0 Å². The van der Waals surface area contributed by atoms with Crippen molar-refractivity contribution in [2.24, 2.45) is 0 Å². The van der Waals surface area contributed by atoms with Crippen LogP contribution in [0, 0.1) is 0 Å². The molecular formula is C19H22N2. The molecule has 1 saturated heterocycles. The summed E-state index contributed by atoms with van der Waals surface area (Å²) >= 11 is 0. The predicted molar refractivity (Wildman–Crippen MR) is 86.1 cm³/mol. The van der Waals surface area contributed by atoms with Gasteiger partial charge in [0, 0.05) is 13.1 Å². The van der Waals surface area contributed by atoms with E-state index in [4.69, 9.17) is 0 Å². The third-order valence-corrected chi connectivity index (χ3v) is 4.78. The Balaban J connectivity index is 1.70. The van der Waals surface area contributed by atoms with E-state index in [-0.39, 0.29) is 0 Å². The van der Waals surface area contributed by atoms with Gasteiger partial charge < -0.3 is 0 Å². The predicted octanol–water partition coefficient (Wildman–Crippen LogP) is 3.67. The Morgan fingerprint density at radius 3 is 1.95 bits per heavy atom. The summed E-state index contributed by atoms with van der Waals surface area (Å²) in [4.78, 5) is 0. The highest BCUT2D eigenvalue weighted by atomic mass is 15.5. The SMILES string of the molecule is c1ccc2c(c1)Cc1ccccc1C2NN1CCCCC1. The number of fused-ring (bicyclic) bond motifs is 2. The molecule has 2 aliphatic rings. The van der Waals surface area contributed by atoms with Crippen molar-refractivity contribution in [3.63, 3.8) is 0 Å². The molecule has 2 aromatic rings. The maximum Gasteiger partial charge on any atom is 0.0720 e. The number of nitrogens with zero attached hydrogens (tertiary/aromatic N) is 1. The van der Waals surface area contributed by atoms with Gasteiger partial charge in [-0.2, -0.15) is 0 Å². The maximum atomic E-state index is 3.80. The van der Waals surface area contributed by atoms with Crippen molar-refractivity contribution in [3.05, 3.63) is 70.8 Å². The summed E-state index contributed by atoms with van der Waals surface area (Å²) in [5.74, 6) is 0. The lowest BCUT2D eigenvalue weighted by Gasteiger charge is -2.35. The Hall–Kier alpha value is -1.64. The molecule has 1 aliphatic carbocycles. The van der Waals surface area contributed by atoms with Crippen LogP contribution in [-0.4, -0.2) is 18.1 Å². The molecule has 0 aromatic heterocycles. The van der Waals surface area contributed by atoms with Crippen LogP contribution in [0.3, 0.4) is 0 Å². The Morgan fingerprint density at radius 1 is 0.762 bits per heavy atom. The largest absolute Gasteiger partial charge is 0.244 e. The highest BCUT2D eigenvalue weighted by molar-refractivity contribution is 5.48. The first-order valence-corrected chi connectivity index (χ1v) is 8.08. The van der Waals surface area contributed by atoms with Crippen LogP contribution in [0.1, 0.15) is 47.6 Å². The van der Waals surface area contributed by atoms with Crippen LogP contribution in [0.2, 0.25) is 0 Å². The normalized spacial score (nSPS) is 19.0. The highest BCUT2D eigenvalue weighted by Crippen LogP contribution is 2.35. The number of hydrazine groups is 1. The molecule has 1 fully saturated rings. The van der Waals surface area contributed by atoms with Crippen molar-refractivity contribution in [2.75, 3.05) is 13.1 Å². The van der Waals surface area contributed by atoms with E-state index in [1.807, 2.05) is 0 Å². The lowest BCUT2D eigenvalue weighted by molar-refractivity contribution is 0.137. The van der Waals surface area contributed by atoms with Gasteiger partial charge in [0.05, 0.1) is 6.04 Å². The molecule has 0 unspecified atom stereocenters. The van der Waals surface area contributed by atoms with Gasteiger partial charge in [-0.1, -0.05) is 55.0 Å². The molecule has 21 heavy (non-hydrogen) atoms. The van der Waals surface area contributed by atoms with Crippen LogP contribution >= 0.6 is 0 Å². The second kappa shape index (κ2) is 5.63. The first-order chi connectivity index (χ1) is 10.4. The molecule has 108 valence electrons. The number of hydrogen-bond acceptors (Lipinski definition) is 2. The monoisotopic (exact) mass is 278 g/mol. The molecule has 2 nitrogen and oxygen atoms in total. The van der Waals surface area contributed by atoms with E-state index in [9.17, 15) is 0 Å². The first-order valence-electron chi connectivity index (χ1n) is 8.08. The van der Waals surface area contributed by atoms with Gasteiger partial charge in [0.1, 0.15) is 0 Å². The van der Waals surface area contributed by atoms with E-state index in [2.05, 4.69) is 59.0 Å². The van der Waals surface area contributed by atoms with Gasteiger partial charge in [0.2, 0.25) is 0 Å². The second-order valence-corrected chi connectivity index (χ2v) is 6.18. The Morgan fingerprint density at radius 2 is 1.33 bits per heavy atom. The fraction of sp³-hybridized carbons (Fsp3) is 0.368. The van der Waals surface area contributed by atoms with Crippen molar-refractivity contribution in [1.29, 1.82) is 0 Å². The minimum absolute atomic E-state index is 0.309. The lowest BCUT2D eigenvalue weighted by Crippen LogP contribution is -2.45. The number of hydrogen-bond donors (Lipinski definition) is 1. The average Bonchev–Trinajstić information content (AvgIpc) is 2.55. The quantitative estimate of drug-likeness (QED) is 0.901. The topological polar surface area (TPSA) is 15.3 Å². The summed E-state index contributed by atoms with van der Waals surface area (Å²) < 4.78 is 0. The summed E-state index contributed by atoms with van der Waals surface area (Å²) in [5, 5.41) is 2.42. The second-order valence-electron chi connectivity index (χ2n) is 6.18. The van der Waals surface area contributed by atoms with Gasteiger partial charge in [-0.05, 0) is 41.5 Å². The van der Waals surface area contributed by atoms with Crippen molar-refractivity contribution in [2.45, 2.75) is 31.7 Å². The van der Waals surface area contributed by atoms with E-state index >= 15 is 0 Å². The molecule has 2 aromatic carbocycles. The first kappa shape index (κ1) is 13.1. The standard InChI is InChI=1S/C19H22N2/c1-6-12-21(13-7-1)20-19-17-10-4-2-8-15(17)14-16-9-3-5-11-18(16)19/h2-5,8-11,19-20H,1,6-7,12-14H2. The minimum atomic E-state index is 0.309. The number of benzene rings is 2. The van der Waals surface area contributed by atoms with E-state index < -0.39 is 0 Å². The Labute approximate surface area is 126 Å². The molecule has 0 amide bonds. The third-order valence-electron chi connectivity index (χ3n) is 4.78. The molecule has 1 aliphatic heterocycles. The Kier molecular flexibility index (Phi) is 3.50. The molecule has 2 heteroatoms. The molecule has 0 spiro atoms. The van der Waals surface area contributed by atoms with Crippen molar-refractivity contribution in [3.8, 4) is 0 Å². The average molecular weight is 278 g/mol. The third kappa shape index (κ3) is 2.50. The van der Waals surface area contributed by atoms with Crippen LogP contribution < -0.4 is 5.43 Å².